The molecule has 1 aromatic rings. The van der Waals surface area contributed by atoms with Gasteiger partial charge in [0.05, 0.1) is 0 Å². The highest BCUT2D eigenvalue weighted by molar-refractivity contribution is 5.85. The fourth-order valence-corrected chi connectivity index (χ4v) is 1.51. The Bertz CT molecular complexity index is 302. The molecule has 1 nitrogen and oxygen atoms in total. The quantitative estimate of drug-likeness (QED) is 0.839. The van der Waals surface area contributed by atoms with Gasteiger partial charge < -0.3 is 5.73 Å². The summed E-state index contributed by atoms with van der Waals surface area (Å²) in [6, 6.07) is 5.09. The van der Waals surface area contributed by atoms with Crippen LogP contribution in [0.2, 0.25) is 0 Å². The normalized spacial score (nSPS) is 12.0. The van der Waals surface area contributed by atoms with E-state index in [2.05, 4.69) is 6.92 Å². The van der Waals surface area contributed by atoms with E-state index in [1.165, 1.54) is 0 Å². The van der Waals surface area contributed by atoms with E-state index in [0.29, 0.717) is 5.56 Å². The maximum atomic E-state index is 13.4. The van der Waals surface area contributed by atoms with Crippen molar-refractivity contribution in [2.24, 2.45) is 5.73 Å². The van der Waals surface area contributed by atoms with Crippen molar-refractivity contribution in [2.75, 3.05) is 0 Å². The third-order valence-electron chi connectivity index (χ3n) is 2.42. The van der Waals surface area contributed by atoms with Crippen molar-refractivity contribution < 1.29 is 4.39 Å². The Morgan fingerprint density at radius 1 is 1.40 bits per heavy atom. The smallest absolute Gasteiger partial charge is 0.128 e. The van der Waals surface area contributed by atoms with Crippen molar-refractivity contribution in [3.05, 3.63) is 35.1 Å². The highest BCUT2D eigenvalue weighted by atomic mass is 35.5. The molecule has 0 radical (unpaired) electrons. The summed E-state index contributed by atoms with van der Waals surface area (Å²) >= 11 is 0. The first kappa shape index (κ1) is 14.4. The van der Waals surface area contributed by atoms with E-state index in [9.17, 15) is 4.39 Å². The highest BCUT2D eigenvalue weighted by Gasteiger charge is 2.10. The van der Waals surface area contributed by atoms with Gasteiger partial charge in [0.1, 0.15) is 5.82 Å². The molecule has 86 valence electrons. The van der Waals surface area contributed by atoms with Crippen LogP contribution in [0, 0.1) is 12.7 Å². The molecule has 0 amide bonds. The van der Waals surface area contributed by atoms with Crippen LogP contribution in [0.5, 0.6) is 0 Å². The number of hydrogen-bond donors (Lipinski definition) is 1. The van der Waals surface area contributed by atoms with Crippen LogP contribution in [-0.2, 0) is 0 Å². The van der Waals surface area contributed by atoms with E-state index in [1.807, 2.05) is 13.0 Å². The fourth-order valence-electron chi connectivity index (χ4n) is 1.51. The van der Waals surface area contributed by atoms with Gasteiger partial charge in [-0.1, -0.05) is 31.9 Å². The number of rotatable bonds is 4. The zero-order valence-electron chi connectivity index (χ0n) is 9.29. The third-order valence-corrected chi connectivity index (χ3v) is 2.42. The van der Waals surface area contributed by atoms with E-state index < -0.39 is 0 Å². The van der Waals surface area contributed by atoms with E-state index in [1.54, 1.807) is 12.1 Å². The Kier molecular flexibility index (Phi) is 6.53. The lowest BCUT2D eigenvalue weighted by Crippen LogP contribution is -2.12. The minimum Gasteiger partial charge on any atom is -0.324 e. The number of nitrogens with two attached hydrogens (primary N) is 1. The summed E-state index contributed by atoms with van der Waals surface area (Å²) in [5.74, 6) is -0.173. The molecule has 0 spiro atoms. The van der Waals surface area contributed by atoms with Gasteiger partial charge in [-0.3, -0.25) is 0 Å². The van der Waals surface area contributed by atoms with Crippen molar-refractivity contribution >= 4 is 12.4 Å². The Hall–Kier alpha value is -0.600. The molecule has 1 rings (SSSR count). The molecule has 1 aromatic carbocycles. The van der Waals surface area contributed by atoms with Crippen molar-refractivity contribution in [3.8, 4) is 0 Å². The average Bonchev–Trinajstić information content (AvgIpc) is 2.14. The third kappa shape index (κ3) is 4.18. The maximum absolute atomic E-state index is 13.4. The molecule has 0 fully saturated rings. The topological polar surface area (TPSA) is 26.0 Å². The molecule has 0 saturated heterocycles. The lowest BCUT2D eigenvalue weighted by atomic mass is 10.0. The van der Waals surface area contributed by atoms with E-state index >= 15 is 0 Å². The van der Waals surface area contributed by atoms with Crippen molar-refractivity contribution in [1.82, 2.24) is 0 Å². The number of unbranched alkanes of at least 4 members (excludes halogenated alkanes) is 1. The van der Waals surface area contributed by atoms with Gasteiger partial charge >= 0.3 is 0 Å². The number of halogens is 2. The van der Waals surface area contributed by atoms with Gasteiger partial charge in [-0.2, -0.15) is 0 Å². The summed E-state index contributed by atoms with van der Waals surface area (Å²) in [5.41, 5.74) is 7.47. The molecule has 0 heterocycles. The second-order valence-electron chi connectivity index (χ2n) is 3.77. The Morgan fingerprint density at radius 3 is 2.60 bits per heavy atom. The largest absolute Gasteiger partial charge is 0.324 e. The summed E-state index contributed by atoms with van der Waals surface area (Å²) in [5, 5.41) is 0. The van der Waals surface area contributed by atoms with E-state index in [4.69, 9.17) is 5.73 Å². The predicted molar refractivity (Wildman–Crippen MR) is 64.8 cm³/mol. The Morgan fingerprint density at radius 2 is 2.07 bits per heavy atom. The van der Waals surface area contributed by atoms with Crippen LogP contribution in [0.15, 0.2) is 18.2 Å². The van der Waals surface area contributed by atoms with Gasteiger partial charge in [0.15, 0.2) is 0 Å². The second-order valence-corrected chi connectivity index (χ2v) is 3.77. The lowest BCUT2D eigenvalue weighted by molar-refractivity contribution is 0.547. The van der Waals surface area contributed by atoms with Crippen molar-refractivity contribution in [3.63, 3.8) is 0 Å². The van der Waals surface area contributed by atoms with E-state index in [0.717, 1.165) is 24.8 Å². The zero-order chi connectivity index (χ0) is 10.6. The van der Waals surface area contributed by atoms with Crippen LogP contribution >= 0.6 is 12.4 Å². The summed E-state index contributed by atoms with van der Waals surface area (Å²) < 4.78 is 13.4. The maximum Gasteiger partial charge on any atom is 0.128 e. The molecular formula is C12H19ClFN. The minimum atomic E-state index is -0.173. The average molecular weight is 232 g/mol. The summed E-state index contributed by atoms with van der Waals surface area (Å²) in [6.45, 7) is 3.99. The van der Waals surface area contributed by atoms with Crippen LogP contribution in [0.25, 0.3) is 0 Å². The summed E-state index contributed by atoms with van der Waals surface area (Å²) in [6.07, 6.45) is 3.01. The summed E-state index contributed by atoms with van der Waals surface area (Å²) in [4.78, 5) is 0. The number of benzene rings is 1. The molecule has 0 aliphatic heterocycles. The monoisotopic (exact) mass is 231 g/mol. The van der Waals surface area contributed by atoms with Crippen LogP contribution in [-0.4, -0.2) is 0 Å². The van der Waals surface area contributed by atoms with Gasteiger partial charge in [0, 0.05) is 11.6 Å². The van der Waals surface area contributed by atoms with Gasteiger partial charge in [-0.05, 0) is 25.0 Å². The molecule has 0 aliphatic carbocycles. The van der Waals surface area contributed by atoms with Crippen LogP contribution in [0.3, 0.4) is 0 Å². The first-order valence-corrected chi connectivity index (χ1v) is 5.16. The molecule has 2 N–H and O–H groups in total. The second kappa shape index (κ2) is 6.81. The van der Waals surface area contributed by atoms with Gasteiger partial charge in [0.2, 0.25) is 0 Å². The van der Waals surface area contributed by atoms with Crippen LogP contribution in [0.4, 0.5) is 4.39 Å². The number of aryl methyl sites for hydroxylation is 1. The predicted octanol–water partition coefficient (Wildman–Crippen LogP) is 3.75. The van der Waals surface area contributed by atoms with Gasteiger partial charge in [-0.25, -0.2) is 4.39 Å². The SMILES string of the molecule is CCCC[C@@H](N)c1ccc(C)cc1F.Cl. The first-order valence-electron chi connectivity index (χ1n) is 5.16. The fraction of sp³-hybridized carbons (Fsp3) is 0.500. The number of hydrogen-bond acceptors (Lipinski definition) is 1. The van der Waals surface area contributed by atoms with Crippen LogP contribution in [0.1, 0.15) is 43.4 Å². The summed E-state index contributed by atoms with van der Waals surface area (Å²) in [7, 11) is 0. The Balaban J connectivity index is 0.00000196. The standard InChI is InChI=1S/C12H18FN.ClH/c1-3-4-5-12(14)10-7-6-9(2)8-11(10)13;/h6-8,12H,3-5,14H2,1-2H3;1H/t12-;/m1./s1. The van der Waals surface area contributed by atoms with Gasteiger partial charge in [0.25, 0.3) is 0 Å². The molecule has 15 heavy (non-hydrogen) atoms. The van der Waals surface area contributed by atoms with E-state index in [-0.39, 0.29) is 24.3 Å². The van der Waals surface area contributed by atoms with Crippen molar-refractivity contribution in [1.29, 1.82) is 0 Å². The zero-order valence-corrected chi connectivity index (χ0v) is 10.1. The highest BCUT2D eigenvalue weighted by Crippen LogP contribution is 2.20. The molecule has 3 heteroatoms. The lowest BCUT2D eigenvalue weighted by Gasteiger charge is -2.12. The molecule has 0 saturated carbocycles. The first-order chi connectivity index (χ1) is 6.65. The van der Waals surface area contributed by atoms with Crippen molar-refractivity contribution in [2.45, 2.75) is 39.2 Å². The molecule has 0 aromatic heterocycles. The Labute approximate surface area is 97.3 Å². The molecule has 0 aliphatic rings. The molecular weight excluding hydrogens is 213 g/mol. The molecule has 0 bridgehead atoms. The van der Waals surface area contributed by atoms with Gasteiger partial charge in [-0.15, -0.1) is 12.4 Å². The molecule has 1 atom stereocenters. The van der Waals surface area contributed by atoms with Crippen LogP contribution < -0.4 is 5.73 Å². The molecule has 0 unspecified atom stereocenters. The minimum absolute atomic E-state index is 0.